The number of aromatic nitrogens is 2. The van der Waals surface area contributed by atoms with E-state index in [1.165, 1.54) is 0 Å². The molecule has 25 heavy (non-hydrogen) atoms. The van der Waals surface area contributed by atoms with Crippen molar-refractivity contribution in [2.45, 2.75) is 11.4 Å². The summed E-state index contributed by atoms with van der Waals surface area (Å²) in [5.74, 6) is 0.359. The maximum Gasteiger partial charge on any atom is 0.260 e. The number of nitrogens with zero attached hydrogens (tertiary/aromatic N) is 2. The average molecular weight is 420 g/mol. The minimum absolute atomic E-state index is 0.0217. The van der Waals surface area contributed by atoms with Crippen molar-refractivity contribution in [3.05, 3.63) is 62.9 Å². The third kappa shape index (κ3) is 2.96. The Morgan fingerprint density at radius 1 is 1.16 bits per heavy atom. The van der Waals surface area contributed by atoms with E-state index in [-0.39, 0.29) is 17.9 Å². The molecule has 8 heteroatoms. The summed E-state index contributed by atoms with van der Waals surface area (Å²) in [6.45, 7) is 0.641. The second kappa shape index (κ2) is 5.96. The summed E-state index contributed by atoms with van der Waals surface area (Å²) in [5.41, 5.74) is 1.03. The number of H-pyrrole nitrogens is 1. The fourth-order valence-corrected chi connectivity index (χ4v) is 4.85. The lowest BCUT2D eigenvalue weighted by atomic mass is 10.2. The van der Waals surface area contributed by atoms with Gasteiger partial charge in [-0.1, -0.05) is 34.1 Å². The van der Waals surface area contributed by atoms with Gasteiger partial charge in [0.05, 0.1) is 21.6 Å². The molecule has 1 N–H and O–H groups in total. The zero-order valence-electron chi connectivity index (χ0n) is 13.1. The summed E-state index contributed by atoms with van der Waals surface area (Å²) in [5, 5.41) is 0.487. The van der Waals surface area contributed by atoms with Crippen molar-refractivity contribution < 1.29 is 8.42 Å². The second-order valence-electron chi connectivity index (χ2n) is 5.90. The first-order valence-electron chi connectivity index (χ1n) is 7.69. The lowest BCUT2D eigenvalue weighted by molar-refractivity contribution is 0.596. The minimum atomic E-state index is -3.35. The van der Waals surface area contributed by atoms with Gasteiger partial charge in [-0.2, -0.15) is 0 Å². The number of anilines is 1. The summed E-state index contributed by atoms with van der Waals surface area (Å²) >= 11 is 3.34. The Labute approximate surface area is 152 Å². The van der Waals surface area contributed by atoms with Crippen molar-refractivity contribution in [1.29, 1.82) is 0 Å². The number of halogens is 1. The second-order valence-corrected chi connectivity index (χ2v) is 8.89. The van der Waals surface area contributed by atoms with Gasteiger partial charge < -0.3 is 4.90 Å². The molecule has 0 aliphatic carbocycles. The Morgan fingerprint density at radius 3 is 2.80 bits per heavy atom. The zero-order chi connectivity index (χ0) is 17.6. The standard InChI is InChI=1S/C17H14BrN3O3S/c18-12-5-6-14-13(9-12)16(22)20-17(19-14)21-7-8-25(23,24)15-4-2-1-3-11(15)10-21/h1-6,9H,7-8,10H2,(H,19,20,22). The summed E-state index contributed by atoms with van der Waals surface area (Å²) < 4.78 is 25.7. The Bertz CT molecular complexity index is 1140. The predicted molar refractivity (Wildman–Crippen MR) is 99.6 cm³/mol. The number of fused-ring (bicyclic) bond motifs is 2. The van der Waals surface area contributed by atoms with E-state index in [9.17, 15) is 13.2 Å². The van der Waals surface area contributed by atoms with Gasteiger partial charge in [0.1, 0.15) is 0 Å². The van der Waals surface area contributed by atoms with Crippen LogP contribution in [0.2, 0.25) is 0 Å². The van der Waals surface area contributed by atoms with Gasteiger partial charge >= 0.3 is 0 Å². The molecule has 1 aromatic heterocycles. The van der Waals surface area contributed by atoms with E-state index in [1.54, 1.807) is 35.2 Å². The molecule has 3 aromatic rings. The molecule has 0 unspecified atom stereocenters. The van der Waals surface area contributed by atoms with Crippen LogP contribution in [0.25, 0.3) is 10.9 Å². The lowest BCUT2D eigenvalue weighted by Crippen LogP contribution is -2.29. The summed E-state index contributed by atoms with van der Waals surface area (Å²) in [7, 11) is -3.35. The Hall–Kier alpha value is -2.19. The Balaban J connectivity index is 1.82. The first-order valence-corrected chi connectivity index (χ1v) is 10.1. The van der Waals surface area contributed by atoms with Crippen LogP contribution >= 0.6 is 15.9 Å². The molecule has 1 aliphatic heterocycles. The van der Waals surface area contributed by atoms with Crippen LogP contribution in [0.1, 0.15) is 5.56 Å². The number of nitrogens with one attached hydrogen (secondary N) is 1. The van der Waals surface area contributed by atoms with E-state index in [4.69, 9.17) is 0 Å². The Kier molecular flexibility index (Phi) is 3.88. The van der Waals surface area contributed by atoms with Crippen molar-refractivity contribution in [1.82, 2.24) is 9.97 Å². The molecule has 6 nitrogen and oxygen atoms in total. The number of benzene rings is 2. The fraction of sp³-hybridized carbons (Fsp3) is 0.176. The van der Waals surface area contributed by atoms with E-state index >= 15 is 0 Å². The van der Waals surface area contributed by atoms with Crippen LogP contribution in [0.3, 0.4) is 0 Å². The van der Waals surface area contributed by atoms with E-state index in [0.717, 1.165) is 4.47 Å². The highest BCUT2D eigenvalue weighted by atomic mass is 79.9. The molecule has 0 radical (unpaired) electrons. The van der Waals surface area contributed by atoms with Crippen LogP contribution in [-0.4, -0.2) is 30.7 Å². The maximum absolute atomic E-state index is 12.5. The van der Waals surface area contributed by atoms with Crippen LogP contribution in [0.15, 0.2) is 56.6 Å². The summed E-state index contributed by atoms with van der Waals surface area (Å²) in [4.78, 5) is 21.8. The molecular formula is C17H14BrN3O3S. The van der Waals surface area contributed by atoms with Gasteiger partial charge in [-0.05, 0) is 29.8 Å². The normalized spacial score (nSPS) is 16.4. The molecular weight excluding hydrogens is 406 g/mol. The largest absolute Gasteiger partial charge is 0.337 e. The molecule has 0 saturated heterocycles. The number of sulfone groups is 1. The van der Waals surface area contributed by atoms with Crippen LogP contribution < -0.4 is 10.5 Å². The Morgan fingerprint density at radius 2 is 1.96 bits per heavy atom. The van der Waals surface area contributed by atoms with Crippen molar-refractivity contribution >= 4 is 42.6 Å². The topological polar surface area (TPSA) is 83.1 Å². The molecule has 0 fully saturated rings. The molecule has 0 saturated carbocycles. The van der Waals surface area contributed by atoms with Crippen LogP contribution in [0, 0.1) is 0 Å². The molecule has 0 amide bonds. The summed E-state index contributed by atoms with van der Waals surface area (Å²) in [6.07, 6.45) is 0. The predicted octanol–water partition coefficient (Wildman–Crippen LogP) is 2.48. The van der Waals surface area contributed by atoms with Gasteiger partial charge in [0.25, 0.3) is 5.56 Å². The molecule has 2 heterocycles. The van der Waals surface area contributed by atoms with E-state index in [0.29, 0.717) is 33.9 Å². The quantitative estimate of drug-likeness (QED) is 0.654. The van der Waals surface area contributed by atoms with E-state index < -0.39 is 9.84 Å². The fourth-order valence-electron chi connectivity index (χ4n) is 2.99. The average Bonchev–Trinajstić information content (AvgIpc) is 2.72. The van der Waals surface area contributed by atoms with Gasteiger partial charge in [0, 0.05) is 17.6 Å². The molecule has 4 rings (SSSR count). The van der Waals surface area contributed by atoms with Crippen LogP contribution in [-0.2, 0) is 16.4 Å². The molecule has 0 spiro atoms. The smallest absolute Gasteiger partial charge is 0.260 e. The maximum atomic E-state index is 12.5. The minimum Gasteiger partial charge on any atom is -0.337 e. The number of rotatable bonds is 1. The lowest BCUT2D eigenvalue weighted by Gasteiger charge is -2.21. The van der Waals surface area contributed by atoms with Gasteiger partial charge in [-0.3, -0.25) is 9.78 Å². The van der Waals surface area contributed by atoms with E-state index in [2.05, 4.69) is 25.9 Å². The van der Waals surface area contributed by atoms with Gasteiger partial charge in [-0.25, -0.2) is 13.4 Å². The highest BCUT2D eigenvalue weighted by molar-refractivity contribution is 9.10. The van der Waals surface area contributed by atoms with Crippen molar-refractivity contribution in [2.24, 2.45) is 0 Å². The first-order chi connectivity index (χ1) is 11.9. The van der Waals surface area contributed by atoms with E-state index in [1.807, 2.05) is 12.1 Å². The third-order valence-corrected chi connectivity index (χ3v) is 6.53. The van der Waals surface area contributed by atoms with Crippen molar-refractivity contribution in [2.75, 3.05) is 17.2 Å². The molecule has 2 aromatic carbocycles. The van der Waals surface area contributed by atoms with Gasteiger partial charge in [-0.15, -0.1) is 0 Å². The van der Waals surface area contributed by atoms with Crippen LogP contribution in [0.5, 0.6) is 0 Å². The highest BCUT2D eigenvalue weighted by Gasteiger charge is 2.26. The van der Waals surface area contributed by atoms with Gasteiger partial charge in [0.15, 0.2) is 9.84 Å². The first kappa shape index (κ1) is 16.3. The van der Waals surface area contributed by atoms with Crippen molar-refractivity contribution in [3.63, 3.8) is 0 Å². The molecule has 0 atom stereocenters. The van der Waals surface area contributed by atoms with Crippen LogP contribution in [0.4, 0.5) is 5.95 Å². The highest BCUT2D eigenvalue weighted by Crippen LogP contribution is 2.25. The van der Waals surface area contributed by atoms with Gasteiger partial charge in [0.2, 0.25) is 5.95 Å². The zero-order valence-corrected chi connectivity index (χ0v) is 15.5. The number of hydrogen-bond acceptors (Lipinski definition) is 5. The third-order valence-electron chi connectivity index (χ3n) is 4.25. The SMILES string of the molecule is O=c1[nH]c(N2CCS(=O)(=O)c3ccccc3C2)nc2ccc(Br)cc12. The molecule has 1 aliphatic rings. The number of aromatic amines is 1. The molecule has 0 bridgehead atoms. The molecule has 128 valence electrons. The monoisotopic (exact) mass is 419 g/mol. The van der Waals surface area contributed by atoms with Crippen molar-refractivity contribution in [3.8, 4) is 0 Å². The number of hydrogen-bond donors (Lipinski definition) is 1. The summed E-state index contributed by atoms with van der Waals surface area (Å²) in [6, 6.07) is 12.3.